The Balaban J connectivity index is 1.46. The first-order chi connectivity index (χ1) is 18.9. The van der Waals surface area contributed by atoms with Gasteiger partial charge in [-0.1, -0.05) is 66.7 Å². The number of hydrogen-bond donors (Lipinski definition) is 0. The second-order valence-electron chi connectivity index (χ2n) is 9.50. The number of rotatable bonds is 3. The van der Waals surface area contributed by atoms with Gasteiger partial charge >= 0.3 is 0 Å². The Morgan fingerprint density at radius 2 is 1.24 bits per heavy atom. The highest BCUT2D eigenvalue weighted by Crippen LogP contribution is 2.36. The highest BCUT2D eigenvalue weighted by Gasteiger charge is 2.17. The number of para-hydroxylation sites is 2. The van der Waals surface area contributed by atoms with E-state index in [4.69, 9.17) is 4.98 Å². The maximum Gasteiger partial charge on any atom is 0.152 e. The number of hydrogen-bond acceptors (Lipinski definition) is 1. The molecule has 4 nitrogen and oxygen atoms in total. The SMILES string of the molecule is [c-]1cccc[n+]1-c1ccc2c3ccccc3n(-c3ccc4c5ccccc5n(-c5ccccn5)c4c3)c2c1. The Hall–Kier alpha value is -5.22. The summed E-state index contributed by atoms with van der Waals surface area (Å²) in [6.45, 7) is 0. The molecule has 0 saturated heterocycles. The lowest BCUT2D eigenvalue weighted by Crippen LogP contribution is -2.29. The van der Waals surface area contributed by atoms with E-state index in [1.165, 1.54) is 27.1 Å². The standard InChI is InChI=1S/C34H22N4/c1-8-20-36(21-9-1)24-15-17-28-26-10-2-4-12-30(26)37(32(28)22-24)25-16-18-29-27-11-3-5-13-31(27)38(33(29)23-25)34-14-6-7-19-35-34/h1-20,22-23H. The van der Waals surface area contributed by atoms with Crippen molar-refractivity contribution in [3.05, 3.63) is 140 Å². The minimum absolute atomic E-state index is 0.913. The van der Waals surface area contributed by atoms with E-state index in [0.717, 1.165) is 33.7 Å². The summed E-state index contributed by atoms with van der Waals surface area (Å²) >= 11 is 0. The van der Waals surface area contributed by atoms with Crippen LogP contribution in [0.3, 0.4) is 0 Å². The van der Waals surface area contributed by atoms with Gasteiger partial charge in [0.15, 0.2) is 6.20 Å². The van der Waals surface area contributed by atoms with Crippen molar-refractivity contribution in [2.24, 2.45) is 0 Å². The summed E-state index contributed by atoms with van der Waals surface area (Å²) in [5, 5.41) is 4.90. The highest BCUT2D eigenvalue weighted by molar-refractivity contribution is 6.12. The van der Waals surface area contributed by atoms with Crippen molar-refractivity contribution in [2.75, 3.05) is 0 Å². The van der Waals surface area contributed by atoms with Crippen molar-refractivity contribution in [1.29, 1.82) is 0 Å². The van der Waals surface area contributed by atoms with Gasteiger partial charge in [-0.25, -0.2) is 4.98 Å². The Kier molecular flexibility index (Phi) is 4.49. The maximum absolute atomic E-state index is 4.71. The third-order valence-electron chi connectivity index (χ3n) is 7.39. The molecule has 0 atom stereocenters. The number of benzene rings is 4. The molecular weight excluding hydrogens is 464 g/mol. The summed E-state index contributed by atoms with van der Waals surface area (Å²) in [4.78, 5) is 4.71. The molecule has 8 aromatic rings. The van der Waals surface area contributed by atoms with Crippen LogP contribution in [0, 0.1) is 6.20 Å². The molecule has 0 spiro atoms. The number of nitrogens with zero attached hydrogens (tertiary/aromatic N) is 4. The molecule has 0 unspecified atom stereocenters. The topological polar surface area (TPSA) is 26.6 Å². The predicted octanol–water partition coefficient (Wildman–Crippen LogP) is 7.35. The third kappa shape index (κ3) is 3.04. The summed E-state index contributed by atoms with van der Waals surface area (Å²) in [7, 11) is 0. The van der Waals surface area contributed by atoms with Crippen LogP contribution in [0.1, 0.15) is 0 Å². The van der Waals surface area contributed by atoms with Crippen molar-refractivity contribution >= 4 is 43.6 Å². The molecule has 0 aliphatic rings. The van der Waals surface area contributed by atoms with Crippen LogP contribution in [0.5, 0.6) is 0 Å². The molecular formula is C34H22N4. The van der Waals surface area contributed by atoms with Gasteiger partial charge in [-0.05, 0) is 48.5 Å². The van der Waals surface area contributed by atoms with Gasteiger partial charge in [0.05, 0.1) is 28.3 Å². The van der Waals surface area contributed by atoms with Crippen LogP contribution in [0.2, 0.25) is 0 Å². The Bertz CT molecular complexity index is 2120. The zero-order valence-electron chi connectivity index (χ0n) is 20.5. The van der Waals surface area contributed by atoms with Crippen molar-refractivity contribution < 1.29 is 4.57 Å². The normalized spacial score (nSPS) is 11.7. The predicted molar refractivity (Wildman–Crippen MR) is 153 cm³/mol. The van der Waals surface area contributed by atoms with Crippen LogP contribution in [0.25, 0.3) is 60.8 Å². The molecule has 4 heteroatoms. The fraction of sp³-hybridized carbons (Fsp3) is 0. The number of pyridine rings is 2. The van der Waals surface area contributed by atoms with Crippen molar-refractivity contribution in [1.82, 2.24) is 14.1 Å². The monoisotopic (exact) mass is 486 g/mol. The zero-order valence-corrected chi connectivity index (χ0v) is 20.5. The van der Waals surface area contributed by atoms with E-state index in [-0.39, 0.29) is 0 Å². The smallest absolute Gasteiger partial charge is 0.152 e. The summed E-state index contributed by atoms with van der Waals surface area (Å²) in [5.41, 5.74) is 6.82. The molecule has 0 fully saturated rings. The fourth-order valence-electron chi connectivity index (χ4n) is 5.74. The summed E-state index contributed by atoms with van der Waals surface area (Å²) in [5.74, 6) is 0.913. The average molecular weight is 487 g/mol. The van der Waals surface area contributed by atoms with Crippen LogP contribution in [0.4, 0.5) is 0 Å². The quantitative estimate of drug-likeness (QED) is 0.189. The van der Waals surface area contributed by atoms with Crippen molar-refractivity contribution in [3.63, 3.8) is 0 Å². The summed E-state index contributed by atoms with van der Waals surface area (Å²) in [6, 6.07) is 42.6. The van der Waals surface area contributed by atoms with Crippen molar-refractivity contribution in [3.8, 4) is 17.2 Å². The van der Waals surface area contributed by atoms with E-state index in [0.29, 0.717) is 0 Å². The maximum atomic E-state index is 4.71. The Labute approximate surface area is 219 Å². The van der Waals surface area contributed by atoms with E-state index in [1.54, 1.807) is 0 Å². The molecule has 0 amide bonds. The largest absolute Gasteiger partial charge is 0.310 e. The van der Waals surface area contributed by atoms with Crippen LogP contribution >= 0.6 is 0 Å². The van der Waals surface area contributed by atoms with Gasteiger partial charge in [-0.15, -0.1) is 6.07 Å². The van der Waals surface area contributed by atoms with Gasteiger partial charge in [-0.2, -0.15) is 0 Å². The average Bonchev–Trinajstić information content (AvgIpc) is 3.50. The second-order valence-corrected chi connectivity index (χ2v) is 9.50. The van der Waals surface area contributed by atoms with Crippen LogP contribution in [-0.2, 0) is 0 Å². The summed E-state index contributed by atoms with van der Waals surface area (Å²) in [6.07, 6.45) is 7.19. The molecule has 0 saturated carbocycles. The fourth-order valence-corrected chi connectivity index (χ4v) is 5.74. The molecule has 4 aromatic heterocycles. The minimum Gasteiger partial charge on any atom is -0.310 e. The lowest BCUT2D eigenvalue weighted by Gasteiger charge is -2.11. The van der Waals surface area contributed by atoms with E-state index >= 15 is 0 Å². The number of aromatic nitrogens is 4. The Morgan fingerprint density at radius 1 is 0.553 bits per heavy atom. The summed E-state index contributed by atoms with van der Waals surface area (Å²) < 4.78 is 6.67. The first-order valence-corrected chi connectivity index (χ1v) is 12.7. The van der Waals surface area contributed by atoms with Gasteiger partial charge in [0.25, 0.3) is 0 Å². The molecule has 0 aliphatic carbocycles. The van der Waals surface area contributed by atoms with Gasteiger partial charge in [0, 0.05) is 33.4 Å². The van der Waals surface area contributed by atoms with Gasteiger partial charge < -0.3 is 4.57 Å². The Morgan fingerprint density at radius 3 is 1.97 bits per heavy atom. The third-order valence-corrected chi connectivity index (χ3v) is 7.39. The highest BCUT2D eigenvalue weighted by atomic mass is 15.1. The molecule has 0 aliphatic heterocycles. The second kappa shape index (κ2) is 8.15. The van der Waals surface area contributed by atoms with Crippen LogP contribution < -0.4 is 4.57 Å². The van der Waals surface area contributed by atoms with Gasteiger partial charge in [0.1, 0.15) is 11.5 Å². The lowest BCUT2D eigenvalue weighted by atomic mass is 10.1. The molecule has 4 aromatic carbocycles. The molecule has 0 radical (unpaired) electrons. The van der Waals surface area contributed by atoms with Crippen LogP contribution in [-0.4, -0.2) is 14.1 Å². The molecule has 4 heterocycles. The lowest BCUT2D eigenvalue weighted by molar-refractivity contribution is -0.600. The van der Waals surface area contributed by atoms with E-state index < -0.39 is 0 Å². The van der Waals surface area contributed by atoms with E-state index in [2.05, 4.69) is 106 Å². The molecule has 178 valence electrons. The first kappa shape index (κ1) is 20.9. The van der Waals surface area contributed by atoms with E-state index in [9.17, 15) is 0 Å². The minimum atomic E-state index is 0.913. The molecule has 38 heavy (non-hydrogen) atoms. The zero-order chi connectivity index (χ0) is 25.1. The molecule has 8 rings (SSSR count). The molecule has 0 bridgehead atoms. The van der Waals surface area contributed by atoms with Crippen LogP contribution in [0.15, 0.2) is 134 Å². The molecule has 0 N–H and O–H groups in total. The van der Waals surface area contributed by atoms with Gasteiger partial charge in [0.2, 0.25) is 0 Å². The number of fused-ring (bicyclic) bond motifs is 6. The van der Waals surface area contributed by atoms with Gasteiger partial charge in [-0.3, -0.25) is 9.13 Å². The van der Waals surface area contributed by atoms with E-state index in [1.807, 2.05) is 47.3 Å². The van der Waals surface area contributed by atoms with Crippen molar-refractivity contribution in [2.45, 2.75) is 0 Å². The first-order valence-electron chi connectivity index (χ1n) is 12.7.